The fraction of sp³-hybridized carbons (Fsp3) is 0.391. The smallest absolute Gasteiger partial charge is 0.326 e. The highest BCUT2D eigenvalue weighted by Gasteiger charge is 2.41. The molecule has 1 aromatic heterocycles. The summed E-state index contributed by atoms with van der Waals surface area (Å²) in [5, 5.41) is 0. The van der Waals surface area contributed by atoms with Gasteiger partial charge in [-0.15, -0.1) is 0 Å². The van der Waals surface area contributed by atoms with E-state index in [4.69, 9.17) is 0 Å². The van der Waals surface area contributed by atoms with Gasteiger partial charge in [0.2, 0.25) is 0 Å². The minimum absolute atomic E-state index is 0.0326. The summed E-state index contributed by atoms with van der Waals surface area (Å²) < 4.78 is 1.71. The van der Waals surface area contributed by atoms with Crippen molar-refractivity contribution in [3.05, 3.63) is 70.1 Å². The number of carbonyl (C=O) groups excluding carboxylic acids is 1. The fourth-order valence-electron chi connectivity index (χ4n) is 4.21. The fourth-order valence-corrected chi connectivity index (χ4v) is 4.21. The van der Waals surface area contributed by atoms with Crippen LogP contribution in [-0.4, -0.2) is 59.0 Å². The largest absolute Gasteiger partial charge is 0.337 e. The Morgan fingerprint density at radius 1 is 1.14 bits per heavy atom. The number of amides is 1. The number of likely N-dealkylation sites (N-methyl/N-ethyl adjacent to an activating group) is 1. The van der Waals surface area contributed by atoms with Crippen LogP contribution in [0.2, 0.25) is 0 Å². The molecule has 1 fully saturated rings. The lowest BCUT2D eigenvalue weighted by Gasteiger charge is -2.48. The monoisotopic (exact) mass is 392 g/mol. The van der Waals surface area contributed by atoms with Gasteiger partial charge in [0.15, 0.2) is 0 Å². The average Bonchev–Trinajstić information content (AvgIpc) is 2.98. The van der Waals surface area contributed by atoms with Crippen molar-refractivity contribution in [3.63, 3.8) is 0 Å². The van der Waals surface area contributed by atoms with Gasteiger partial charge in [0.25, 0.3) is 5.91 Å². The molecular formula is C23H28N4O2. The van der Waals surface area contributed by atoms with Crippen LogP contribution in [0.25, 0.3) is 11.0 Å². The third-order valence-corrected chi connectivity index (χ3v) is 5.70. The highest BCUT2D eigenvalue weighted by atomic mass is 16.2. The predicted molar refractivity (Wildman–Crippen MR) is 115 cm³/mol. The van der Waals surface area contributed by atoms with Crippen LogP contribution < -0.4 is 5.69 Å². The summed E-state index contributed by atoms with van der Waals surface area (Å²) in [5.41, 5.74) is 3.48. The second kappa shape index (κ2) is 7.52. The number of carbonyl (C=O) groups is 1. The van der Waals surface area contributed by atoms with E-state index in [2.05, 4.69) is 36.2 Å². The molecule has 2 aromatic carbocycles. The number of imidazole rings is 1. The number of likely N-dealkylation sites (tertiary alicyclic amines) is 1. The van der Waals surface area contributed by atoms with E-state index in [1.54, 1.807) is 4.57 Å². The highest BCUT2D eigenvalue weighted by Crippen LogP contribution is 2.34. The first-order valence-electron chi connectivity index (χ1n) is 10.1. The molecule has 6 heteroatoms. The van der Waals surface area contributed by atoms with Gasteiger partial charge in [0, 0.05) is 37.2 Å². The number of rotatable bonds is 6. The van der Waals surface area contributed by atoms with Crippen molar-refractivity contribution in [1.82, 2.24) is 19.4 Å². The Kier molecular flexibility index (Phi) is 5.04. The number of aromatic amines is 1. The first kappa shape index (κ1) is 19.5. The molecule has 0 saturated carbocycles. The molecule has 0 spiro atoms. The second-order valence-corrected chi connectivity index (χ2v) is 8.75. The van der Waals surface area contributed by atoms with E-state index in [0.717, 1.165) is 37.1 Å². The van der Waals surface area contributed by atoms with E-state index in [1.165, 1.54) is 5.56 Å². The number of nitrogens with zero attached hydrogens (tertiary/aromatic N) is 3. The van der Waals surface area contributed by atoms with Gasteiger partial charge in [0.1, 0.15) is 0 Å². The quantitative estimate of drug-likeness (QED) is 0.701. The molecule has 0 atom stereocenters. The normalized spacial score (nSPS) is 15.7. The molecule has 0 unspecified atom stereocenters. The minimum atomic E-state index is -0.133. The SMILES string of the molecule is CN(C)CCn1c(=O)[nH]c2ccc(C(=O)N3CC(C)(Cc4ccccc4)C3)cc21. The van der Waals surface area contributed by atoms with E-state index >= 15 is 0 Å². The van der Waals surface area contributed by atoms with E-state index < -0.39 is 0 Å². The van der Waals surface area contributed by atoms with Gasteiger partial charge in [-0.25, -0.2) is 4.79 Å². The molecule has 0 aliphatic carbocycles. The molecule has 1 aliphatic rings. The number of nitrogens with one attached hydrogen (secondary N) is 1. The molecule has 1 aliphatic heterocycles. The summed E-state index contributed by atoms with van der Waals surface area (Å²) in [6.07, 6.45) is 0.971. The van der Waals surface area contributed by atoms with Crippen LogP contribution in [0.4, 0.5) is 0 Å². The summed E-state index contributed by atoms with van der Waals surface area (Å²) in [4.78, 5) is 32.1. The molecule has 6 nitrogen and oxygen atoms in total. The summed E-state index contributed by atoms with van der Waals surface area (Å²) in [7, 11) is 3.95. The van der Waals surface area contributed by atoms with E-state index in [0.29, 0.717) is 12.1 Å². The molecule has 2 heterocycles. The summed E-state index contributed by atoms with van der Waals surface area (Å²) >= 11 is 0. The Morgan fingerprint density at radius 3 is 2.55 bits per heavy atom. The maximum Gasteiger partial charge on any atom is 0.326 e. The maximum absolute atomic E-state index is 13.0. The number of hydrogen-bond donors (Lipinski definition) is 1. The third-order valence-electron chi connectivity index (χ3n) is 5.70. The standard InChI is InChI=1S/C23H28N4O2/c1-23(14-17-7-5-4-6-8-17)15-26(16-23)21(28)18-9-10-19-20(13-18)27(22(29)24-19)12-11-25(2)3/h4-10,13H,11-12,14-16H2,1-3H3,(H,24,29). The van der Waals surface area contributed by atoms with Crippen molar-refractivity contribution in [2.45, 2.75) is 19.9 Å². The molecule has 3 aromatic rings. The van der Waals surface area contributed by atoms with Crippen molar-refractivity contribution in [2.24, 2.45) is 5.41 Å². The number of fused-ring (bicyclic) bond motifs is 1. The topological polar surface area (TPSA) is 61.3 Å². The molecule has 1 amide bonds. The van der Waals surface area contributed by atoms with Gasteiger partial charge >= 0.3 is 5.69 Å². The zero-order valence-corrected chi connectivity index (χ0v) is 17.3. The van der Waals surface area contributed by atoms with Crippen molar-refractivity contribution >= 4 is 16.9 Å². The third kappa shape index (κ3) is 3.98. The summed E-state index contributed by atoms with van der Waals surface area (Å²) in [5.74, 6) is 0.0326. The molecule has 4 rings (SSSR count). The van der Waals surface area contributed by atoms with Crippen LogP contribution >= 0.6 is 0 Å². The molecule has 0 radical (unpaired) electrons. The first-order chi connectivity index (χ1) is 13.8. The molecule has 1 saturated heterocycles. The predicted octanol–water partition coefficient (Wildman–Crippen LogP) is 2.60. The van der Waals surface area contributed by atoms with E-state index in [9.17, 15) is 9.59 Å². The van der Waals surface area contributed by atoms with Gasteiger partial charge in [0.05, 0.1) is 11.0 Å². The molecular weight excluding hydrogens is 364 g/mol. The van der Waals surface area contributed by atoms with Crippen LogP contribution in [0.3, 0.4) is 0 Å². The maximum atomic E-state index is 13.0. The van der Waals surface area contributed by atoms with Gasteiger partial charge in [-0.2, -0.15) is 0 Å². The van der Waals surface area contributed by atoms with E-state index in [-0.39, 0.29) is 17.0 Å². The van der Waals surface area contributed by atoms with Crippen molar-refractivity contribution in [3.8, 4) is 0 Å². The Hall–Kier alpha value is -2.86. The van der Waals surface area contributed by atoms with Crippen molar-refractivity contribution < 1.29 is 4.79 Å². The molecule has 29 heavy (non-hydrogen) atoms. The van der Waals surface area contributed by atoms with Gasteiger partial charge in [-0.05, 0) is 44.3 Å². The molecule has 152 valence electrons. The van der Waals surface area contributed by atoms with Crippen LogP contribution in [0, 0.1) is 5.41 Å². The van der Waals surface area contributed by atoms with Crippen molar-refractivity contribution in [2.75, 3.05) is 33.7 Å². The van der Waals surface area contributed by atoms with Gasteiger partial charge in [-0.3, -0.25) is 9.36 Å². The van der Waals surface area contributed by atoms with Crippen LogP contribution in [0.5, 0.6) is 0 Å². The van der Waals surface area contributed by atoms with Crippen LogP contribution in [-0.2, 0) is 13.0 Å². The minimum Gasteiger partial charge on any atom is -0.337 e. The zero-order chi connectivity index (χ0) is 20.6. The van der Waals surface area contributed by atoms with Gasteiger partial charge in [-0.1, -0.05) is 37.3 Å². The Labute approximate surface area is 170 Å². The first-order valence-corrected chi connectivity index (χ1v) is 10.1. The molecule has 1 N–H and O–H groups in total. The Morgan fingerprint density at radius 2 is 1.86 bits per heavy atom. The number of aromatic nitrogens is 2. The second-order valence-electron chi connectivity index (χ2n) is 8.75. The number of hydrogen-bond acceptors (Lipinski definition) is 3. The summed E-state index contributed by atoms with van der Waals surface area (Å²) in [6, 6.07) is 15.9. The lowest BCUT2D eigenvalue weighted by molar-refractivity contribution is 0.0153. The highest BCUT2D eigenvalue weighted by molar-refractivity contribution is 5.98. The van der Waals surface area contributed by atoms with Crippen LogP contribution in [0.1, 0.15) is 22.8 Å². The Bertz CT molecular complexity index is 1080. The molecule has 0 bridgehead atoms. The lowest BCUT2D eigenvalue weighted by atomic mass is 9.76. The lowest BCUT2D eigenvalue weighted by Crippen LogP contribution is -2.57. The average molecular weight is 393 g/mol. The van der Waals surface area contributed by atoms with E-state index in [1.807, 2.05) is 48.2 Å². The number of benzene rings is 2. The summed E-state index contributed by atoms with van der Waals surface area (Å²) in [6.45, 7) is 5.08. The Balaban J connectivity index is 1.49. The van der Waals surface area contributed by atoms with Crippen molar-refractivity contribution in [1.29, 1.82) is 0 Å². The van der Waals surface area contributed by atoms with Gasteiger partial charge < -0.3 is 14.8 Å². The van der Waals surface area contributed by atoms with Crippen LogP contribution in [0.15, 0.2) is 53.3 Å². The zero-order valence-electron chi connectivity index (χ0n) is 17.3. The number of H-pyrrole nitrogens is 1.